The summed E-state index contributed by atoms with van der Waals surface area (Å²) in [6.45, 7) is 2.56. The van der Waals surface area contributed by atoms with Crippen molar-refractivity contribution in [3.05, 3.63) is 23.7 Å². The van der Waals surface area contributed by atoms with Crippen molar-refractivity contribution in [3.8, 4) is 0 Å². The SMILES string of the molecule is O=C(C1=CCCO1)c1cn(C2CCNCC2)nn1. The number of ketones is 1. The van der Waals surface area contributed by atoms with Crippen LogP contribution in [0.1, 0.15) is 35.8 Å². The number of hydrogen-bond donors (Lipinski definition) is 1. The number of rotatable bonds is 3. The Labute approximate surface area is 105 Å². The average molecular weight is 248 g/mol. The quantitative estimate of drug-likeness (QED) is 0.797. The highest BCUT2D eigenvalue weighted by molar-refractivity contribution is 6.05. The molecule has 0 aliphatic carbocycles. The molecule has 0 spiro atoms. The van der Waals surface area contributed by atoms with Crippen molar-refractivity contribution in [2.45, 2.75) is 25.3 Å². The normalized spacial score (nSPS) is 20.6. The second-order valence-electron chi connectivity index (χ2n) is 4.60. The Bertz CT molecular complexity index is 474. The van der Waals surface area contributed by atoms with Gasteiger partial charge >= 0.3 is 0 Å². The molecule has 0 atom stereocenters. The second kappa shape index (κ2) is 4.89. The summed E-state index contributed by atoms with van der Waals surface area (Å²) in [7, 11) is 0. The maximum absolute atomic E-state index is 12.0. The summed E-state index contributed by atoms with van der Waals surface area (Å²) in [5.41, 5.74) is 0.377. The fourth-order valence-electron chi connectivity index (χ4n) is 2.33. The van der Waals surface area contributed by atoms with Crippen molar-refractivity contribution in [1.82, 2.24) is 20.3 Å². The molecule has 0 bridgehead atoms. The zero-order chi connectivity index (χ0) is 12.4. The second-order valence-corrected chi connectivity index (χ2v) is 4.60. The van der Waals surface area contributed by atoms with Crippen molar-refractivity contribution in [3.63, 3.8) is 0 Å². The molecule has 1 saturated heterocycles. The van der Waals surface area contributed by atoms with Gasteiger partial charge in [-0.15, -0.1) is 5.10 Å². The Hall–Kier alpha value is -1.69. The topological polar surface area (TPSA) is 69.0 Å². The van der Waals surface area contributed by atoms with E-state index in [1.165, 1.54) is 0 Å². The van der Waals surface area contributed by atoms with Gasteiger partial charge in [-0.3, -0.25) is 4.79 Å². The zero-order valence-corrected chi connectivity index (χ0v) is 10.1. The molecule has 2 aliphatic rings. The summed E-state index contributed by atoms with van der Waals surface area (Å²) >= 11 is 0. The van der Waals surface area contributed by atoms with Crippen molar-refractivity contribution in [2.24, 2.45) is 0 Å². The molecule has 96 valence electrons. The fourth-order valence-corrected chi connectivity index (χ4v) is 2.33. The van der Waals surface area contributed by atoms with E-state index in [1.54, 1.807) is 6.20 Å². The number of aromatic nitrogens is 3. The smallest absolute Gasteiger partial charge is 0.249 e. The highest BCUT2D eigenvalue weighted by Crippen LogP contribution is 2.19. The Morgan fingerprint density at radius 1 is 1.44 bits per heavy atom. The molecule has 1 aromatic heterocycles. The highest BCUT2D eigenvalue weighted by Gasteiger charge is 2.22. The van der Waals surface area contributed by atoms with Crippen LogP contribution in [0, 0.1) is 0 Å². The van der Waals surface area contributed by atoms with Gasteiger partial charge in [0.1, 0.15) is 0 Å². The van der Waals surface area contributed by atoms with Crippen molar-refractivity contribution in [1.29, 1.82) is 0 Å². The van der Waals surface area contributed by atoms with Crippen LogP contribution in [0.15, 0.2) is 18.0 Å². The molecule has 1 aromatic rings. The van der Waals surface area contributed by atoms with Crippen LogP contribution in [-0.4, -0.2) is 40.5 Å². The number of nitrogens with zero attached hydrogens (tertiary/aromatic N) is 3. The van der Waals surface area contributed by atoms with Gasteiger partial charge in [0.15, 0.2) is 11.5 Å². The number of Topliss-reactive ketones (excluding diaryl/α,β-unsaturated/α-hetero) is 1. The van der Waals surface area contributed by atoms with E-state index in [9.17, 15) is 4.79 Å². The Kier molecular flexibility index (Phi) is 3.10. The number of allylic oxidation sites excluding steroid dienone is 1. The lowest BCUT2D eigenvalue weighted by Crippen LogP contribution is -2.29. The zero-order valence-electron chi connectivity index (χ0n) is 10.1. The Balaban J connectivity index is 1.74. The summed E-state index contributed by atoms with van der Waals surface area (Å²) in [5, 5.41) is 11.3. The van der Waals surface area contributed by atoms with Gasteiger partial charge in [-0.2, -0.15) is 0 Å². The first-order valence-electron chi connectivity index (χ1n) is 6.35. The molecule has 0 unspecified atom stereocenters. The molecule has 0 amide bonds. The number of ether oxygens (including phenoxy) is 1. The molecular weight excluding hydrogens is 232 g/mol. The number of hydrogen-bond acceptors (Lipinski definition) is 5. The first kappa shape index (κ1) is 11.4. The fraction of sp³-hybridized carbons (Fsp3) is 0.583. The van der Waals surface area contributed by atoms with Crippen LogP contribution in [0.25, 0.3) is 0 Å². The van der Waals surface area contributed by atoms with Gasteiger partial charge < -0.3 is 10.1 Å². The van der Waals surface area contributed by atoms with Gasteiger partial charge in [0.25, 0.3) is 0 Å². The Morgan fingerprint density at radius 2 is 2.28 bits per heavy atom. The molecular formula is C12H16N4O2. The Morgan fingerprint density at radius 3 is 3.00 bits per heavy atom. The minimum atomic E-state index is -0.160. The van der Waals surface area contributed by atoms with E-state index >= 15 is 0 Å². The predicted octanol–water partition coefficient (Wildman–Crippen LogP) is 0.689. The summed E-state index contributed by atoms with van der Waals surface area (Å²) < 4.78 is 7.06. The molecule has 0 saturated carbocycles. The predicted molar refractivity (Wildman–Crippen MR) is 64.1 cm³/mol. The van der Waals surface area contributed by atoms with Gasteiger partial charge in [-0.05, 0) is 32.0 Å². The molecule has 2 aliphatic heterocycles. The maximum atomic E-state index is 12.0. The van der Waals surface area contributed by atoms with Gasteiger partial charge in [0.05, 0.1) is 18.8 Å². The van der Waals surface area contributed by atoms with Crippen LogP contribution in [0.4, 0.5) is 0 Å². The van der Waals surface area contributed by atoms with Gasteiger partial charge in [-0.25, -0.2) is 4.68 Å². The highest BCUT2D eigenvalue weighted by atomic mass is 16.5. The molecule has 1 N–H and O–H groups in total. The van der Waals surface area contributed by atoms with Crippen molar-refractivity contribution < 1.29 is 9.53 Å². The lowest BCUT2D eigenvalue weighted by molar-refractivity contribution is 0.0937. The minimum Gasteiger partial charge on any atom is -0.489 e. The van der Waals surface area contributed by atoms with E-state index in [4.69, 9.17) is 4.74 Å². The van der Waals surface area contributed by atoms with Crippen molar-refractivity contribution in [2.75, 3.05) is 19.7 Å². The van der Waals surface area contributed by atoms with Crippen LogP contribution in [0.2, 0.25) is 0 Å². The summed E-state index contributed by atoms with van der Waals surface area (Å²) in [4.78, 5) is 12.0. The van der Waals surface area contributed by atoms with E-state index < -0.39 is 0 Å². The third kappa shape index (κ3) is 2.15. The van der Waals surface area contributed by atoms with Crippen LogP contribution in [-0.2, 0) is 4.74 Å². The van der Waals surface area contributed by atoms with E-state index in [0.29, 0.717) is 24.1 Å². The number of nitrogens with one attached hydrogen (secondary N) is 1. The van der Waals surface area contributed by atoms with Gasteiger partial charge in [-0.1, -0.05) is 5.21 Å². The minimum absolute atomic E-state index is 0.160. The average Bonchev–Trinajstić information content (AvgIpc) is 3.10. The molecule has 6 nitrogen and oxygen atoms in total. The number of carbonyl (C=O) groups is 1. The molecule has 1 fully saturated rings. The lowest BCUT2D eigenvalue weighted by Gasteiger charge is -2.22. The molecule has 18 heavy (non-hydrogen) atoms. The maximum Gasteiger partial charge on any atom is 0.249 e. The van der Waals surface area contributed by atoms with Crippen LogP contribution in [0.5, 0.6) is 0 Å². The van der Waals surface area contributed by atoms with Gasteiger partial charge in [0, 0.05) is 6.42 Å². The standard InChI is InChI=1S/C12H16N4O2/c17-12(11-2-1-7-18-11)10-8-16(15-14-10)9-3-5-13-6-4-9/h2,8-9,13H,1,3-7H2. The van der Waals surface area contributed by atoms with Crippen LogP contribution >= 0.6 is 0 Å². The van der Waals surface area contributed by atoms with Gasteiger partial charge in [0.2, 0.25) is 5.78 Å². The molecule has 3 heterocycles. The molecule has 6 heteroatoms. The van der Waals surface area contributed by atoms with Crippen molar-refractivity contribution >= 4 is 5.78 Å². The molecule has 0 aromatic carbocycles. The van der Waals surface area contributed by atoms with E-state index in [0.717, 1.165) is 32.4 Å². The summed E-state index contributed by atoms with van der Waals surface area (Å²) in [6.07, 6.45) is 6.39. The monoisotopic (exact) mass is 248 g/mol. The first-order chi connectivity index (χ1) is 8.84. The lowest BCUT2D eigenvalue weighted by atomic mass is 10.1. The number of carbonyl (C=O) groups excluding carboxylic acids is 1. The molecule has 3 rings (SSSR count). The van der Waals surface area contributed by atoms with E-state index in [2.05, 4.69) is 15.6 Å². The number of piperidine rings is 1. The van der Waals surface area contributed by atoms with Crippen LogP contribution in [0.3, 0.4) is 0 Å². The molecule has 0 radical (unpaired) electrons. The van der Waals surface area contributed by atoms with E-state index in [1.807, 2.05) is 10.8 Å². The van der Waals surface area contributed by atoms with Crippen LogP contribution < -0.4 is 5.32 Å². The first-order valence-corrected chi connectivity index (χ1v) is 6.35. The summed E-state index contributed by atoms with van der Waals surface area (Å²) in [6, 6.07) is 0.346. The largest absolute Gasteiger partial charge is 0.489 e. The summed E-state index contributed by atoms with van der Waals surface area (Å²) in [5.74, 6) is 0.250. The third-order valence-corrected chi connectivity index (χ3v) is 3.35. The van der Waals surface area contributed by atoms with E-state index in [-0.39, 0.29) is 5.78 Å². The third-order valence-electron chi connectivity index (χ3n) is 3.35.